The minimum absolute atomic E-state index is 0.246. The summed E-state index contributed by atoms with van der Waals surface area (Å²) in [5.41, 5.74) is 8.45. The molecule has 3 aromatic rings. The van der Waals surface area contributed by atoms with Gasteiger partial charge in [-0.05, 0) is 88.2 Å². The molecular formula is C24H25F3N2O3. The zero-order valence-electron chi connectivity index (χ0n) is 17.9. The number of rotatable bonds is 5. The molecule has 0 bridgehead atoms. The number of fused-ring (bicyclic) bond motifs is 1. The number of benzene rings is 2. The third kappa shape index (κ3) is 4.60. The number of nitrogens with zero attached hydrogens (tertiary/aromatic N) is 1. The molecule has 2 N–H and O–H groups in total. The van der Waals surface area contributed by atoms with E-state index in [1.807, 2.05) is 0 Å². The zero-order chi connectivity index (χ0) is 23.0. The lowest BCUT2D eigenvalue weighted by Crippen LogP contribution is -2.37. The van der Waals surface area contributed by atoms with Crippen LogP contribution in [0, 0.1) is 0 Å². The van der Waals surface area contributed by atoms with Crippen LogP contribution in [-0.4, -0.2) is 36.2 Å². The van der Waals surface area contributed by atoms with Crippen LogP contribution in [-0.2, 0) is 0 Å². The Morgan fingerprint density at radius 2 is 1.72 bits per heavy atom. The molecular weight excluding hydrogens is 421 g/mol. The summed E-state index contributed by atoms with van der Waals surface area (Å²) in [6.07, 6.45) is -2.87. The molecule has 170 valence electrons. The lowest BCUT2D eigenvalue weighted by molar-refractivity contribution is -0.274. The Hall–Kier alpha value is -3.00. The number of ether oxygens (including phenoxy) is 1. The average Bonchev–Trinajstić information content (AvgIpc) is 3.07. The van der Waals surface area contributed by atoms with E-state index in [9.17, 15) is 18.0 Å². The number of hydrogen-bond acceptors (Lipinski definition) is 5. The molecule has 1 aromatic heterocycles. The van der Waals surface area contributed by atoms with E-state index in [0.717, 1.165) is 49.0 Å². The molecule has 1 aliphatic rings. The van der Waals surface area contributed by atoms with Gasteiger partial charge in [-0.1, -0.05) is 0 Å². The molecule has 4 rings (SSSR count). The number of nitrogens with two attached hydrogens (primary N) is 1. The summed E-state index contributed by atoms with van der Waals surface area (Å²) in [7, 11) is 0. The molecule has 2 aromatic carbocycles. The molecule has 1 saturated heterocycles. The van der Waals surface area contributed by atoms with Crippen molar-refractivity contribution in [3.05, 3.63) is 59.2 Å². The van der Waals surface area contributed by atoms with Gasteiger partial charge in [-0.25, -0.2) is 0 Å². The Bertz CT molecular complexity index is 1110. The van der Waals surface area contributed by atoms with Gasteiger partial charge in [0.05, 0.1) is 0 Å². The number of likely N-dealkylation sites (tertiary alicyclic amines) is 1. The summed E-state index contributed by atoms with van der Waals surface area (Å²) < 4.78 is 46.7. The highest BCUT2D eigenvalue weighted by molar-refractivity contribution is 6.10. The largest absolute Gasteiger partial charge is 0.573 e. The van der Waals surface area contributed by atoms with Crippen molar-refractivity contribution in [1.82, 2.24) is 4.90 Å². The van der Waals surface area contributed by atoms with Gasteiger partial charge in [-0.15, -0.1) is 13.2 Å². The van der Waals surface area contributed by atoms with Crippen molar-refractivity contribution in [2.45, 2.75) is 45.0 Å². The van der Waals surface area contributed by atoms with Gasteiger partial charge in [0.25, 0.3) is 0 Å². The van der Waals surface area contributed by atoms with Gasteiger partial charge in [0, 0.05) is 28.1 Å². The first kappa shape index (κ1) is 22.2. The fourth-order valence-corrected chi connectivity index (χ4v) is 4.38. The van der Waals surface area contributed by atoms with Crippen molar-refractivity contribution >= 4 is 22.6 Å². The SMILES string of the molecule is CC(C)N1CCC(c2c(N)oc3ccc(C(=O)c4ccc(OC(F)(F)F)cc4)cc23)CC1. The average molecular weight is 446 g/mol. The number of carbonyl (C=O) groups excluding carboxylic acids is 1. The summed E-state index contributed by atoms with van der Waals surface area (Å²) in [6, 6.07) is 10.5. The van der Waals surface area contributed by atoms with E-state index in [0.29, 0.717) is 23.1 Å². The van der Waals surface area contributed by atoms with E-state index < -0.39 is 6.36 Å². The maximum atomic E-state index is 13.0. The molecule has 2 heterocycles. The van der Waals surface area contributed by atoms with Crippen LogP contribution in [0.3, 0.4) is 0 Å². The third-order valence-electron chi connectivity index (χ3n) is 6.04. The highest BCUT2D eigenvalue weighted by atomic mass is 19.4. The summed E-state index contributed by atoms with van der Waals surface area (Å²) in [6.45, 7) is 6.31. The number of ketones is 1. The Morgan fingerprint density at radius 3 is 2.31 bits per heavy atom. The van der Waals surface area contributed by atoms with Gasteiger partial charge in [0.1, 0.15) is 11.3 Å². The second kappa shape index (κ2) is 8.50. The van der Waals surface area contributed by atoms with Crippen LogP contribution >= 0.6 is 0 Å². The van der Waals surface area contributed by atoms with Gasteiger partial charge < -0.3 is 19.8 Å². The highest BCUT2D eigenvalue weighted by Crippen LogP contribution is 2.40. The van der Waals surface area contributed by atoms with E-state index in [1.165, 1.54) is 12.1 Å². The topological polar surface area (TPSA) is 68.7 Å². The number of hydrogen-bond donors (Lipinski definition) is 1. The standard InChI is InChI=1S/C24H25F3N2O3/c1-14(2)29-11-9-15(10-12-29)21-19-13-17(5-8-20(19)31-23(21)28)22(30)16-3-6-18(7-4-16)32-24(25,26)27/h3-8,13-15H,9-12,28H2,1-2H3. The number of furan rings is 1. The van der Waals surface area contributed by atoms with E-state index in [2.05, 4.69) is 23.5 Å². The number of nitrogen functional groups attached to an aromatic ring is 1. The van der Waals surface area contributed by atoms with Gasteiger partial charge in [0.15, 0.2) is 11.7 Å². The van der Waals surface area contributed by atoms with Crippen molar-refractivity contribution in [2.75, 3.05) is 18.8 Å². The van der Waals surface area contributed by atoms with Crippen molar-refractivity contribution in [3.8, 4) is 5.75 Å². The van der Waals surface area contributed by atoms with Crippen molar-refractivity contribution in [1.29, 1.82) is 0 Å². The first-order valence-corrected chi connectivity index (χ1v) is 10.6. The molecule has 0 amide bonds. The van der Waals surface area contributed by atoms with Gasteiger partial charge >= 0.3 is 6.36 Å². The predicted octanol–water partition coefficient (Wildman–Crippen LogP) is 5.73. The molecule has 8 heteroatoms. The lowest BCUT2D eigenvalue weighted by atomic mass is 9.87. The molecule has 0 radical (unpaired) electrons. The monoisotopic (exact) mass is 446 g/mol. The quantitative estimate of drug-likeness (QED) is 0.507. The van der Waals surface area contributed by atoms with E-state index in [4.69, 9.17) is 10.2 Å². The van der Waals surface area contributed by atoms with Crippen molar-refractivity contribution in [3.63, 3.8) is 0 Å². The summed E-state index contributed by atoms with van der Waals surface area (Å²) in [5, 5.41) is 0.813. The fraction of sp³-hybridized carbons (Fsp3) is 0.375. The molecule has 1 fully saturated rings. The van der Waals surface area contributed by atoms with Crippen LogP contribution in [0.4, 0.5) is 19.1 Å². The van der Waals surface area contributed by atoms with E-state index in [1.54, 1.807) is 18.2 Å². The molecule has 32 heavy (non-hydrogen) atoms. The minimum Gasteiger partial charge on any atom is -0.441 e. The number of alkyl halides is 3. The van der Waals surface area contributed by atoms with Crippen LogP contribution in [0.1, 0.15) is 54.1 Å². The van der Waals surface area contributed by atoms with Crippen molar-refractivity contribution < 1.29 is 27.1 Å². The lowest BCUT2D eigenvalue weighted by Gasteiger charge is -2.34. The minimum atomic E-state index is -4.78. The summed E-state index contributed by atoms with van der Waals surface area (Å²) >= 11 is 0. The van der Waals surface area contributed by atoms with Crippen LogP contribution in [0.5, 0.6) is 5.75 Å². The first-order chi connectivity index (χ1) is 15.1. The Kier molecular flexibility index (Phi) is 5.90. The van der Waals surface area contributed by atoms with Gasteiger partial charge in [-0.3, -0.25) is 4.79 Å². The normalized spacial score (nSPS) is 16.1. The van der Waals surface area contributed by atoms with Crippen LogP contribution in [0.25, 0.3) is 11.0 Å². The smallest absolute Gasteiger partial charge is 0.441 e. The van der Waals surface area contributed by atoms with Crippen molar-refractivity contribution in [2.24, 2.45) is 0 Å². The fourth-order valence-electron chi connectivity index (χ4n) is 4.38. The number of halogens is 3. The summed E-state index contributed by atoms with van der Waals surface area (Å²) in [5.74, 6) is -0.0513. The molecule has 0 spiro atoms. The molecule has 0 aliphatic carbocycles. The van der Waals surface area contributed by atoms with Crippen LogP contribution in [0.2, 0.25) is 0 Å². The molecule has 0 saturated carbocycles. The maximum Gasteiger partial charge on any atom is 0.573 e. The molecule has 0 unspecified atom stereocenters. The van der Waals surface area contributed by atoms with Crippen LogP contribution < -0.4 is 10.5 Å². The number of piperidine rings is 1. The predicted molar refractivity (Wildman–Crippen MR) is 116 cm³/mol. The van der Waals surface area contributed by atoms with Gasteiger partial charge in [-0.2, -0.15) is 0 Å². The molecule has 0 atom stereocenters. The summed E-state index contributed by atoms with van der Waals surface area (Å²) in [4.78, 5) is 15.4. The highest BCUT2D eigenvalue weighted by Gasteiger charge is 2.31. The maximum absolute atomic E-state index is 13.0. The molecule has 5 nitrogen and oxygen atoms in total. The van der Waals surface area contributed by atoms with Crippen LogP contribution in [0.15, 0.2) is 46.9 Å². The zero-order valence-corrected chi connectivity index (χ0v) is 17.9. The second-order valence-electron chi connectivity index (χ2n) is 8.40. The number of carbonyl (C=O) groups is 1. The van der Waals surface area contributed by atoms with E-state index in [-0.39, 0.29) is 23.0 Å². The number of anilines is 1. The Labute approximate surface area is 183 Å². The first-order valence-electron chi connectivity index (χ1n) is 10.6. The Balaban J connectivity index is 1.59. The molecule has 1 aliphatic heterocycles. The second-order valence-corrected chi connectivity index (χ2v) is 8.40. The van der Waals surface area contributed by atoms with Gasteiger partial charge in [0.2, 0.25) is 0 Å². The third-order valence-corrected chi connectivity index (χ3v) is 6.04. The Morgan fingerprint density at radius 1 is 1.09 bits per heavy atom. The van der Waals surface area contributed by atoms with E-state index >= 15 is 0 Å².